The van der Waals surface area contributed by atoms with Gasteiger partial charge in [0.2, 0.25) is 10.0 Å². The second kappa shape index (κ2) is 7.55. The molecule has 0 saturated carbocycles. The lowest BCUT2D eigenvalue weighted by atomic mass is 10.2. The molecule has 0 radical (unpaired) electrons. The zero-order valence-corrected chi connectivity index (χ0v) is 10.8. The van der Waals surface area contributed by atoms with Gasteiger partial charge in [-0.1, -0.05) is 18.2 Å². The molecule has 0 heterocycles. The van der Waals surface area contributed by atoms with E-state index in [-0.39, 0.29) is 4.90 Å². The first-order chi connectivity index (χ1) is 9.07. The maximum atomic E-state index is 10.6. The molecule has 1 aromatic carbocycles. The third-order valence-corrected chi connectivity index (χ3v) is 2.81. The average molecular weight is 307 g/mol. The lowest BCUT2D eigenvalue weighted by Gasteiger charge is -2.07. The van der Waals surface area contributed by atoms with Crippen LogP contribution in [0, 0.1) is 0 Å². The molecule has 0 bridgehead atoms. The number of hydrogen-bond donors (Lipinski definition) is 5. The minimum atomic E-state index is -3.50. The predicted molar refractivity (Wildman–Crippen MR) is 65.1 cm³/mol. The van der Waals surface area contributed by atoms with E-state index in [2.05, 4.69) is 0 Å². The summed E-state index contributed by atoms with van der Waals surface area (Å²) < 4.78 is 21.2. The summed E-state index contributed by atoms with van der Waals surface area (Å²) in [5.74, 6) is -3.54. The van der Waals surface area contributed by atoms with E-state index in [0.29, 0.717) is 0 Å². The molecule has 10 heteroatoms. The van der Waals surface area contributed by atoms with E-state index in [0.717, 1.165) is 0 Å². The van der Waals surface area contributed by atoms with Crippen LogP contribution in [-0.4, -0.2) is 53.0 Å². The van der Waals surface area contributed by atoms with Gasteiger partial charge in [-0.3, -0.25) is 0 Å². The van der Waals surface area contributed by atoms with Crippen molar-refractivity contribution in [1.82, 2.24) is 0 Å². The SMILES string of the molecule is NS(=O)(=O)c1ccccc1.O=C(O)C(O)C(O)C(=O)O. The molecule has 0 aromatic heterocycles. The van der Waals surface area contributed by atoms with Gasteiger partial charge in [0.25, 0.3) is 0 Å². The van der Waals surface area contributed by atoms with Gasteiger partial charge in [-0.2, -0.15) is 0 Å². The van der Waals surface area contributed by atoms with E-state index >= 15 is 0 Å². The van der Waals surface area contributed by atoms with Gasteiger partial charge in [0.05, 0.1) is 4.90 Å². The molecule has 0 aliphatic heterocycles. The predicted octanol–water partition coefficient (Wildman–Crippen LogP) is -1.79. The zero-order valence-electron chi connectivity index (χ0n) is 9.95. The Balaban J connectivity index is 0.000000361. The molecule has 1 rings (SSSR count). The number of carbonyl (C=O) groups is 2. The summed E-state index contributed by atoms with van der Waals surface area (Å²) in [7, 11) is -3.50. The first kappa shape index (κ1) is 18.0. The summed E-state index contributed by atoms with van der Waals surface area (Å²) in [6, 6.07) is 7.89. The van der Waals surface area contributed by atoms with Crippen molar-refractivity contribution in [2.75, 3.05) is 0 Å². The molecule has 0 fully saturated rings. The fourth-order valence-electron chi connectivity index (χ4n) is 0.880. The normalized spacial score (nSPS) is 13.6. The molecule has 2 atom stereocenters. The Bertz CT molecular complexity index is 538. The minimum absolute atomic E-state index is 0.148. The Hall–Kier alpha value is -2.01. The minimum Gasteiger partial charge on any atom is -0.479 e. The Morgan fingerprint density at radius 2 is 1.30 bits per heavy atom. The molecule has 112 valence electrons. The summed E-state index contributed by atoms with van der Waals surface area (Å²) in [6.45, 7) is 0. The lowest BCUT2D eigenvalue weighted by Crippen LogP contribution is -2.39. The van der Waals surface area contributed by atoms with Gasteiger partial charge in [0.15, 0.2) is 12.2 Å². The number of nitrogens with two attached hydrogens (primary N) is 1. The van der Waals surface area contributed by atoms with Crippen LogP contribution in [0.4, 0.5) is 0 Å². The van der Waals surface area contributed by atoms with Crippen LogP contribution in [0.2, 0.25) is 0 Å². The van der Waals surface area contributed by atoms with Gasteiger partial charge in [0.1, 0.15) is 0 Å². The summed E-state index contributed by atoms with van der Waals surface area (Å²) in [4.78, 5) is 19.7. The Morgan fingerprint density at radius 1 is 0.950 bits per heavy atom. The molecule has 0 aliphatic carbocycles. The molecule has 0 amide bonds. The number of hydrogen-bond acceptors (Lipinski definition) is 6. The van der Waals surface area contributed by atoms with Gasteiger partial charge < -0.3 is 20.4 Å². The fraction of sp³-hybridized carbons (Fsp3) is 0.200. The van der Waals surface area contributed by atoms with E-state index in [9.17, 15) is 18.0 Å². The highest BCUT2D eigenvalue weighted by atomic mass is 32.2. The van der Waals surface area contributed by atoms with Crippen molar-refractivity contribution in [3.63, 3.8) is 0 Å². The summed E-state index contributed by atoms with van der Waals surface area (Å²) in [6.07, 6.45) is -4.53. The van der Waals surface area contributed by atoms with Crippen LogP contribution in [0.25, 0.3) is 0 Å². The second-order valence-electron chi connectivity index (χ2n) is 3.42. The van der Waals surface area contributed by atoms with Crippen LogP contribution >= 0.6 is 0 Å². The van der Waals surface area contributed by atoms with Crippen molar-refractivity contribution in [2.24, 2.45) is 5.14 Å². The number of primary sulfonamides is 1. The maximum absolute atomic E-state index is 10.6. The van der Waals surface area contributed by atoms with Crippen molar-refractivity contribution in [1.29, 1.82) is 0 Å². The van der Waals surface area contributed by atoms with Crippen molar-refractivity contribution in [3.8, 4) is 0 Å². The van der Waals surface area contributed by atoms with Crippen LogP contribution < -0.4 is 5.14 Å². The smallest absolute Gasteiger partial charge is 0.335 e. The molecule has 0 aliphatic rings. The topological polar surface area (TPSA) is 175 Å². The average Bonchev–Trinajstić information content (AvgIpc) is 2.37. The third kappa shape index (κ3) is 6.24. The fourth-order valence-corrected chi connectivity index (χ4v) is 1.42. The summed E-state index contributed by atoms with van der Waals surface area (Å²) >= 11 is 0. The number of aliphatic carboxylic acids is 2. The first-order valence-electron chi connectivity index (χ1n) is 4.97. The third-order valence-electron chi connectivity index (χ3n) is 1.88. The van der Waals surface area contributed by atoms with Gasteiger partial charge >= 0.3 is 11.9 Å². The van der Waals surface area contributed by atoms with Gasteiger partial charge in [-0.05, 0) is 12.1 Å². The number of carboxylic acids is 2. The maximum Gasteiger partial charge on any atom is 0.335 e. The zero-order chi connectivity index (χ0) is 15.9. The number of benzene rings is 1. The monoisotopic (exact) mass is 307 g/mol. The van der Waals surface area contributed by atoms with Crippen LogP contribution in [0.3, 0.4) is 0 Å². The van der Waals surface area contributed by atoms with Crippen LogP contribution in [0.1, 0.15) is 0 Å². The molecule has 0 saturated heterocycles. The van der Waals surface area contributed by atoms with Crippen LogP contribution in [0.15, 0.2) is 35.2 Å². The van der Waals surface area contributed by atoms with Crippen LogP contribution in [-0.2, 0) is 19.6 Å². The molecule has 9 nitrogen and oxygen atoms in total. The van der Waals surface area contributed by atoms with Crippen molar-refractivity contribution in [3.05, 3.63) is 30.3 Å². The van der Waals surface area contributed by atoms with Gasteiger partial charge in [-0.25, -0.2) is 23.1 Å². The summed E-state index contributed by atoms with van der Waals surface area (Å²) in [5.41, 5.74) is 0. The Morgan fingerprint density at radius 3 is 1.50 bits per heavy atom. The number of aliphatic hydroxyl groups is 2. The molecular formula is C10H13NO8S. The largest absolute Gasteiger partial charge is 0.479 e. The van der Waals surface area contributed by atoms with Gasteiger partial charge in [-0.15, -0.1) is 0 Å². The van der Waals surface area contributed by atoms with E-state index in [1.807, 2.05) is 0 Å². The number of rotatable bonds is 4. The summed E-state index contributed by atoms with van der Waals surface area (Å²) in [5, 5.41) is 37.4. The molecule has 1 aromatic rings. The molecule has 20 heavy (non-hydrogen) atoms. The lowest BCUT2D eigenvalue weighted by molar-refractivity contribution is -0.165. The highest BCUT2D eigenvalue weighted by molar-refractivity contribution is 7.89. The molecule has 2 unspecified atom stereocenters. The van der Waals surface area contributed by atoms with E-state index in [4.69, 9.17) is 25.6 Å². The highest BCUT2D eigenvalue weighted by Crippen LogP contribution is 2.03. The van der Waals surface area contributed by atoms with Crippen LogP contribution in [0.5, 0.6) is 0 Å². The van der Waals surface area contributed by atoms with E-state index in [1.54, 1.807) is 18.2 Å². The highest BCUT2D eigenvalue weighted by Gasteiger charge is 2.29. The Kier molecular flexibility index (Phi) is 6.79. The standard InChI is InChI=1S/C6H7NO2S.C4H6O6/c7-10(8,9)6-4-2-1-3-5-6;5-1(3(7)8)2(6)4(9)10/h1-5H,(H2,7,8,9);1-2,5-6H,(H,7,8)(H,9,10). The van der Waals surface area contributed by atoms with Crippen molar-refractivity contribution >= 4 is 22.0 Å². The number of carboxylic acid groups (broad SMARTS) is 2. The van der Waals surface area contributed by atoms with E-state index in [1.165, 1.54) is 12.1 Å². The second-order valence-corrected chi connectivity index (χ2v) is 4.99. The molecule has 0 spiro atoms. The quantitative estimate of drug-likeness (QED) is 0.433. The van der Waals surface area contributed by atoms with Crippen molar-refractivity contribution < 1.29 is 38.4 Å². The van der Waals surface area contributed by atoms with E-state index < -0.39 is 34.2 Å². The molecular weight excluding hydrogens is 294 g/mol. The van der Waals surface area contributed by atoms with Gasteiger partial charge in [0, 0.05) is 0 Å². The molecule has 6 N–H and O–H groups in total. The number of sulfonamides is 1. The Labute approximate surface area is 113 Å². The first-order valence-corrected chi connectivity index (χ1v) is 6.51. The van der Waals surface area contributed by atoms with Crippen molar-refractivity contribution in [2.45, 2.75) is 17.1 Å². The number of aliphatic hydroxyl groups excluding tert-OH is 2.